The highest BCUT2D eigenvalue weighted by Gasteiger charge is 2.32. The standard InChI is InChI=1S/C21H20F3N7O2/c1-29-18(26-27-28-29)14-4-3-7-17(13-14)25-20(33)31-10-8-30(9-11-31)19(32)15-5-2-6-16(12-15)21(22,23)24/h2-7,12-13H,8-11H2,1H3,(H,25,33). The van der Waals surface area contributed by atoms with Crippen LogP contribution >= 0.6 is 0 Å². The number of aromatic nitrogens is 4. The minimum Gasteiger partial charge on any atom is -0.335 e. The van der Waals surface area contributed by atoms with E-state index in [0.29, 0.717) is 11.5 Å². The van der Waals surface area contributed by atoms with Gasteiger partial charge in [-0.2, -0.15) is 13.2 Å². The van der Waals surface area contributed by atoms with E-state index in [1.165, 1.54) is 21.7 Å². The minimum atomic E-state index is -4.52. The Morgan fingerprint density at radius 2 is 1.67 bits per heavy atom. The van der Waals surface area contributed by atoms with Crippen molar-refractivity contribution in [2.45, 2.75) is 6.18 Å². The summed E-state index contributed by atoms with van der Waals surface area (Å²) in [5.41, 5.74) is 0.392. The predicted molar refractivity (Wildman–Crippen MR) is 112 cm³/mol. The van der Waals surface area contributed by atoms with Gasteiger partial charge in [0.15, 0.2) is 5.82 Å². The number of amides is 3. The Morgan fingerprint density at radius 3 is 2.33 bits per heavy atom. The first-order valence-corrected chi connectivity index (χ1v) is 10.1. The first-order valence-electron chi connectivity index (χ1n) is 10.1. The highest BCUT2D eigenvalue weighted by atomic mass is 19.4. The second kappa shape index (κ2) is 8.88. The third-order valence-corrected chi connectivity index (χ3v) is 5.28. The topological polar surface area (TPSA) is 96.2 Å². The summed E-state index contributed by atoms with van der Waals surface area (Å²) >= 11 is 0. The zero-order chi connectivity index (χ0) is 23.6. The average Bonchev–Trinajstić information content (AvgIpc) is 3.24. The van der Waals surface area contributed by atoms with Crippen molar-refractivity contribution in [3.05, 3.63) is 59.7 Å². The smallest absolute Gasteiger partial charge is 0.335 e. The lowest BCUT2D eigenvalue weighted by molar-refractivity contribution is -0.137. The number of alkyl halides is 3. The first kappa shape index (κ1) is 22.2. The van der Waals surface area contributed by atoms with Crippen molar-refractivity contribution in [1.82, 2.24) is 30.0 Å². The van der Waals surface area contributed by atoms with Gasteiger partial charge in [0.05, 0.1) is 5.56 Å². The lowest BCUT2D eigenvalue weighted by atomic mass is 10.1. The maximum atomic E-state index is 12.9. The number of aryl methyl sites for hydroxylation is 1. The predicted octanol–water partition coefficient (Wildman–Crippen LogP) is 2.89. The van der Waals surface area contributed by atoms with Crippen LogP contribution in [0.25, 0.3) is 11.4 Å². The Kier molecular flexibility index (Phi) is 5.99. The molecule has 0 aliphatic carbocycles. The van der Waals surface area contributed by atoms with Crippen molar-refractivity contribution in [1.29, 1.82) is 0 Å². The van der Waals surface area contributed by atoms with E-state index in [1.54, 1.807) is 30.1 Å². The van der Waals surface area contributed by atoms with Gasteiger partial charge < -0.3 is 15.1 Å². The van der Waals surface area contributed by atoms with Crippen LogP contribution in [0.2, 0.25) is 0 Å². The van der Waals surface area contributed by atoms with Gasteiger partial charge in [0, 0.05) is 50.0 Å². The number of benzene rings is 2. The molecule has 3 aromatic rings. The lowest BCUT2D eigenvalue weighted by Gasteiger charge is -2.34. The van der Waals surface area contributed by atoms with Crippen molar-refractivity contribution in [2.24, 2.45) is 7.05 Å². The molecule has 0 saturated carbocycles. The van der Waals surface area contributed by atoms with E-state index in [1.807, 2.05) is 6.07 Å². The molecule has 9 nitrogen and oxygen atoms in total. The van der Waals surface area contributed by atoms with Gasteiger partial charge in [-0.25, -0.2) is 9.48 Å². The van der Waals surface area contributed by atoms with E-state index in [4.69, 9.17) is 0 Å². The van der Waals surface area contributed by atoms with E-state index in [9.17, 15) is 22.8 Å². The van der Waals surface area contributed by atoms with Crippen LogP contribution < -0.4 is 5.32 Å². The SMILES string of the molecule is Cn1nnnc1-c1cccc(NC(=O)N2CCN(C(=O)c3cccc(C(F)(F)F)c3)CC2)c1. The third-order valence-electron chi connectivity index (χ3n) is 5.28. The lowest BCUT2D eigenvalue weighted by Crippen LogP contribution is -2.51. The molecule has 1 N–H and O–H groups in total. The van der Waals surface area contributed by atoms with E-state index in [2.05, 4.69) is 20.8 Å². The van der Waals surface area contributed by atoms with Gasteiger partial charge in [-0.3, -0.25) is 4.79 Å². The number of tetrazole rings is 1. The molecule has 12 heteroatoms. The molecule has 0 spiro atoms. The van der Waals surface area contributed by atoms with Crippen LogP contribution in [-0.2, 0) is 13.2 Å². The summed E-state index contributed by atoms with van der Waals surface area (Å²) < 4.78 is 40.3. The quantitative estimate of drug-likeness (QED) is 0.650. The largest absolute Gasteiger partial charge is 0.416 e. The van der Waals surface area contributed by atoms with Crippen LogP contribution in [0.5, 0.6) is 0 Å². The van der Waals surface area contributed by atoms with Crippen molar-refractivity contribution >= 4 is 17.6 Å². The van der Waals surface area contributed by atoms with Crippen molar-refractivity contribution < 1.29 is 22.8 Å². The molecule has 0 radical (unpaired) electrons. The zero-order valence-corrected chi connectivity index (χ0v) is 17.6. The van der Waals surface area contributed by atoms with E-state index in [-0.39, 0.29) is 37.8 Å². The van der Waals surface area contributed by atoms with Crippen LogP contribution in [0.15, 0.2) is 48.5 Å². The number of hydrogen-bond donors (Lipinski definition) is 1. The molecular weight excluding hydrogens is 439 g/mol. The zero-order valence-electron chi connectivity index (χ0n) is 17.6. The second-order valence-electron chi connectivity index (χ2n) is 7.49. The number of hydrogen-bond acceptors (Lipinski definition) is 5. The molecule has 4 rings (SSSR count). The van der Waals surface area contributed by atoms with E-state index >= 15 is 0 Å². The van der Waals surface area contributed by atoms with E-state index in [0.717, 1.165) is 17.7 Å². The number of carbonyl (C=O) groups is 2. The Balaban J connectivity index is 1.36. The summed E-state index contributed by atoms with van der Waals surface area (Å²) in [6, 6.07) is 11.1. The van der Waals surface area contributed by atoms with Crippen molar-refractivity contribution in [3.8, 4) is 11.4 Å². The Bertz CT molecular complexity index is 1170. The fraction of sp³-hybridized carbons (Fsp3) is 0.286. The molecule has 1 fully saturated rings. The number of nitrogens with zero attached hydrogens (tertiary/aromatic N) is 6. The van der Waals surface area contributed by atoms with Gasteiger partial charge in [0.2, 0.25) is 0 Å². The summed E-state index contributed by atoms with van der Waals surface area (Å²) in [5.74, 6) is 0.0546. The van der Waals surface area contributed by atoms with Gasteiger partial charge in [-0.05, 0) is 40.8 Å². The molecule has 1 aliphatic heterocycles. The molecule has 1 aromatic heterocycles. The number of halogens is 3. The Morgan fingerprint density at radius 1 is 0.970 bits per heavy atom. The number of urea groups is 1. The molecule has 3 amide bonds. The second-order valence-corrected chi connectivity index (χ2v) is 7.49. The molecule has 1 aliphatic rings. The van der Waals surface area contributed by atoms with Crippen LogP contribution in [0.4, 0.5) is 23.7 Å². The number of carbonyl (C=O) groups excluding carboxylic acids is 2. The van der Waals surface area contributed by atoms with Crippen LogP contribution in [0, 0.1) is 0 Å². The number of piperazine rings is 1. The van der Waals surface area contributed by atoms with Gasteiger partial charge in [-0.15, -0.1) is 5.10 Å². The molecule has 2 aromatic carbocycles. The minimum absolute atomic E-state index is 0.0298. The number of anilines is 1. The Labute approximate surface area is 186 Å². The van der Waals surface area contributed by atoms with Crippen LogP contribution in [0.3, 0.4) is 0 Å². The fourth-order valence-electron chi connectivity index (χ4n) is 3.54. The van der Waals surface area contributed by atoms with E-state index < -0.39 is 17.6 Å². The highest BCUT2D eigenvalue weighted by Crippen LogP contribution is 2.30. The van der Waals surface area contributed by atoms with Gasteiger partial charge in [0.25, 0.3) is 5.91 Å². The van der Waals surface area contributed by atoms with Crippen molar-refractivity contribution in [2.75, 3.05) is 31.5 Å². The van der Waals surface area contributed by atoms with Gasteiger partial charge in [-0.1, -0.05) is 18.2 Å². The van der Waals surface area contributed by atoms with Crippen LogP contribution in [0.1, 0.15) is 15.9 Å². The Hall–Kier alpha value is -3.96. The number of rotatable bonds is 3. The monoisotopic (exact) mass is 459 g/mol. The van der Waals surface area contributed by atoms with Gasteiger partial charge in [0.1, 0.15) is 0 Å². The summed E-state index contributed by atoms with van der Waals surface area (Å²) in [4.78, 5) is 28.3. The highest BCUT2D eigenvalue weighted by molar-refractivity contribution is 5.95. The number of nitrogens with one attached hydrogen (secondary N) is 1. The van der Waals surface area contributed by atoms with Crippen LogP contribution in [-0.4, -0.2) is 68.1 Å². The normalized spacial score (nSPS) is 14.3. The van der Waals surface area contributed by atoms with Gasteiger partial charge >= 0.3 is 12.2 Å². The average molecular weight is 459 g/mol. The molecule has 0 atom stereocenters. The molecule has 0 unspecified atom stereocenters. The molecule has 1 saturated heterocycles. The summed E-state index contributed by atoms with van der Waals surface area (Å²) in [7, 11) is 1.71. The molecule has 172 valence electrons. The summed E-state index contributed by atoms with van der Waals surface area (Å²) in [6.45, 7) is 0.938. The molecule has 0 bridgehead atoms. The maximum absolute atomic E-state index is 12.9. The van der Waals surface area contributed by atoms with Crippen molar-refractivity contribution in [3.63, 3.8) is 0 Å². The summed E-state index contributed by atoms with van der Waals surface area (Å²) in [6.07, 6.45) is -4.52. The summed E-state index contributed by atoms with van der Waals surface area (Å²) in [5, 5.41) is 14.1. The fourth-order valence-corrected chi connectivity index (χ4v) is 3.54. The maximum Gasteiger partial charge on any atom is 0.416 e. The first-order chi connectivity index (χ1) is 15.7. The molecular formula is C21H20F3N7O2. The molecule has 33 heavy (non-hydrogen) atoms. The molecule has 2 heterocycles. The third kappa shape index (κ3) is 4.94.